The highest BCUT2D eigenvalue weighted by Crippen LogP contribution is 2.40. The van der Waals surface area contributed by atoms with Crippen LogP contribution in [0.3, 0.4) is 0 Å². The van der Waals surface area contributed by atoms with E-state index in [4.69, 9.17) is 4.74 Å². The molecule has 0 N–H and O–H groups in total. The molecule has 3 nitrogen and oxygen atoms in total. The first-order valence-corrected chi connectivity index (χ1v) is 10.6. The zero-order chi connectivity index (χ0) is 17.2. The summed E-state index contributed by atoms with van der Waals surface area (Å²) in [4.78, 5) is 11.8. The molecule has 25 heavy (non-hydrogen) atoms. The van der Waals surface area contributed by atoms with Crippen LogP contribution in [-0.4, -0.2) is 22.3 Å². The van der Waals surface area contributed by atoms with E-state index in [0.29, 0.717) is 6.61 Å². The SMILES string of the molecule is Cc1cccc(OCCSc2ncnc3sc4c(c23)CCC(C)C4)c1. The number of aromatic nitrogens is 2. The molecule has 2 aromatic heterocycles. The van der Waals surface area contributed by atoms with Gasteiger partial charge in [-0.3, -0.25) is 0 Å². The molecule has 130 valence electrons. The molecule has 1 aliphatic rings. The van der Waals surface area contributed by atoms with Crippen LogP contribution in [0.25, 0.3) is 10.2 Å². The number of thiophene rings is 1. The Bertz CT molecular complexity index is 891. The van der Waals surface area contributed by atoms with Crippen LogP contribution in [-0.2, 0) is 12.8 Å². The third kappa shape index (κ3) is 3.67. The maximum Gasteiger partial charge on any atom is 0.128 e. The minimum absolute atomic E-state index is 0.684. The van der Waals surface area contributed by atoms with E-state index in [9.17, 15) is 0 Å². The molecule has 2 heterocycles. The van der Waals surface area contributed by atoms with Gasteiger partial charge in [0.2, 0.25) is 0 Å². The first kappa shape index (κ1) is 16.9. The van der Waals surface area contributed by atoms with Gasteiger partial charge in [0.05, 0.1) is 6.61 Å². The fourth-order valence-corrected chi connectivity index (χ4v) is 5.62. The second-order valence-corrected chi connectivity index (χ2v) is 8.89. The number of nitrogens with zero attached hydrogens (tertiary/aromatic N) is 2. The van der Waals surface area contributed by atoms with Gasteiger partial charge in [0, 0.05) is 16.0 Å². The Morgan fingerprint density at radius 2 is 2.24 bits per heavy atom. The molecule has 1 aromatic carbocycles. The maximum absolute atomic E-state index is 5.87. The number of thioether (sulfide) groups is 1. The van der Waals surface area contributed by atoms with Crippen molar-refractivity contribution >= 4 is 33.3 Å². The van der Waals surface area contributed by atoms with Gasteiger partial charge in [-0.25, -0.2) is 9.97 Å². The van der Waals surface area contributed by atoms with Gasteiger partial charge in [0.25, 0.3) is 0 Å². The highest BCUT2D eigenvalue weighted by Gasteiger charge is 2.23. The van der Waals surface area contributed by atoms with Crippen LogP contribution < -0.4 is 4.74 Å². The highest BCUT2D eigenvalue weighted by molar-refractivity contribution is 7.99. The molecule has 0 saturated carbocycles. The Morgan fingerprint density at radius 1 is 1.32 bits per heavy atom. The minimum atomic E-state index is 0.684. The van der Waals surface area contributed by atoms with Gasteiger partial charge < -0.3 is 4.74 Å². The largest absolute Gasteiger partial charge is 0.493 e. The number of rotatable bonds is 5. The predicted octanol–water partition coefficient (Wildman–Crippen LogP) is 5.30. The normalized spacial score (nSPS) is 16.8. The van der Waals surface area contributed by atoms with Gasteiger partial charge in [-0.2, -0.15) is 0 Å². The zero-order valence-electron chi connectivity index (χ0n) is 14.6. The van der Waals surface area contributed by atoms with E-state index >= 15 is 0 Å². The zero-order valence-corrected chi connectivity index (χ0v) is 16.3. The molecule has 4 rings (SSSR count). The molecule has 0 amide bonds. The molecule has 0 radical (unpaired) electrons. The monoisotopic (exact) mass is 370 g/mol. The van der Waals surface area contributed by atoms with Crippen LogP contribution in [0.15, 0.2) is 35.6 Å². The second-order valence-electron chi connectivity index (χ2n) is 6.72. The van der Waals surface area contributed by atoms with Crippen molar-refractivity contribution in [3.63, 3.8) is 0 Å². The van der Waals surface area contributed by atoms with E-state index in [-0.39, 0.29) is 0 Å². The minimum Gasteiger partial charge on any atom is -0.493 e. The smallest absolute Gasteiger partial charge is 0.128 e. The van der Waals surface area contributed by atoms with E-state index in [2.05, 4.69) is 35.9 Å². The molecule has 1 unspecified atom stereocenters. The van der Waals surface area contributed by atoms with Gasteiger partial charge in [0.15, 0.2) is 0 Å². The fourth-order valence-electron chi connectivity index (χ4n) is 3.36. The number of hydrogen-bond donors (Lipinski definition) is 0. The van der Waals surface area contributed by atoms with Crippen molar-refractivity contribution in [1.29, 1.82) is 0 Å². The molecule has 1 atom stereocenters. The van der Waals surface area contributed by atoms with E-state index < -0.39 is 0 Å². The van der Waals surface area contributed by atoms with Crippen LogP contribution in [0, 0.1) is 12.8 Å². The summed E-state index contributed by atoms with van der Waals surface area (Å²) in [5, 5.41) is 2.42. The summed E-state index contributed by atoms with van der Waals surface area (Å²) in [5.41, 5.74) is 2.72. The van der Waals surface area contributed by atoms with E-state index in [1.165, 1.54) is 34.2 Å². The van der Waals surface area contributed by atoms with Gasteiger partial charge >= 0.3 is 0 Å². The van der Waals surface area contributed by atoms with Crippen molar-refractivity contribution in [2.24, 2.45) is 5.92 Å². The Kier molecular flexibility index (Phi) is 4.95. The van der Waals surface area contributed by atoms with Crippen molar-refractivity contribution in [1.82, 2.24) is 9.97 Å². The first-order chi connectivity index (χ1) is 12.2. The van der Waals surface area contributed by atoms with Crippen LogP contribution in [0.5, 0.6) is 5.75 Å². The predicted molar refractivity (Wildman–Crippen MR) is 106 cm³/mol. The number of fused-ring (bicyclic) bond motifs is 3. The topological polar surface area (TPSA) is 35.0 Å². The van der Waals surface area contributed by atoms with E-state index in [0.717, 1.165) is 33.7 Å². The average molecular weight is 371 g/mol. The summed E-state index contributed by atoms with van der Waals surface area (Å²) >= 11 is 3.64. The van der Waals surface area contributed by atoms with Gasteiger partial charge in [-0.15, -0.1) is 23.1 Å². The third-order valence-corrected chi connectivity index (χ3v) is 6.75. The van der Waals surface area contributed by atoms with Crippen molar-refractivity contribution < 1.29 is 4.74 Å². The standard InChI is InChI=1S/C20H22N2OS2/c1-13-4-3-5-15(10-13)23-8-9-24-19-18-16-7-6-14(2)11-17(16)25-20(18)22-12-21-19/h3-5,10,12,14H,6-9,11H2,1-2H3. The summed E-state index contributed by atoms with van der Waals surface area (Å²) in [6, 6.07) is 8.20. The summed E-state index contributed by atoms with van der Waals surface area (Å²) in [5.74, 6) is 2.61. The molecular formula is C20H22N2OS2. The quantitative estimate of drug-likeness (QED) is 0.347. The molecule has 0 aliphatic heterocycles. The average Bonchev–Trinajstić information content (AvgIpc) is 2.97. The van der Waals surface area contributed by atoms with Gasteiger partial charge in [0.1, 0.15) is 21.9 Å². The first-order valence-electron chi connectivity index (χ1n) is 8.78. The van der Waals surface area contributed by atoms with Crippen molar-refractivity contribution in [3.8, 4) is 5.75 Å². The molecule has 0 saturated heterocycles. The Hall–Kier alpha value is -1.59. The van der Waals surface area contributed by atoms with E-state index in [1.54, 1.807) is 18.1 Å². The van der Waals surface area contributed by atoms with Crippen molar-refractivity contribution in [2.75, 3.05) is 12.4 Å². The maximum atomic E-state index is 5.87. The second kappa shape index (κ2) is 7.34. The lowest BCUT2D eigenvalue weighted by Crippen LogP contribution is -2.08. The lowest BCUT2D eigenvalue weighted by molar-refractivity contribution is 0.343. The number of ether oxygens (including phenoxy) is 1. The number of benzene rings is 1. The Morgan fingerprint density at radius 3 is 3.12 bits per heavy atom. The number of aryl methyl sites for hydroxylation is 2. The van der Waals surface area contributed by atoms with E-state index in [1.807, 2.05) is 23.5 Å². The Labute approximate surface area is 156 Å². The molecule has 1 aliphatic carbocycles. The van der Waals surface area contributed by atoms with Crippen LogP contribution >= 0.6 is 23.1 Å². The highest BCUT2D eigenvalue weighted by atomic mass is 32.2. The molecule has 5 heteroatoms. The van der Waals surface area contributed by atoms with Crippen LogP contribution in [0.2, 0.25) is 0 Å². The third-order valence-electron chi connectivity index (χ3n) is 4.64. The van der Waals surface area contributed by atoms with Gasteiger partial charge in [-0.1, -0.05) is 19.1 Å². The summed E-state index contributed by atoms with van der Waals surface area (Å²) in [6.45, 7) is 5.11. The summed E-state index contributed by atoms with van der Waals surface area (Å²) in [6.07, 6.45) is 5.33. The van der Waals surface area contributed by atoms with Crippen molar-refractivity contribution in [2.45, 2.75) is 38.1 Å². The Balaban J connectivity index is 1.46. The molecule has 0 spiro atoms. The molecule has 3 aromatic rings. The van der Waals surface area contributed by atoms with Crippen LogP contribution in [0.1, 0.15) is 29.3 Å². The summed E-state index contributed by atoms with van der Waals surface area (Å²) < 4.78 is 5.87. The van der Waals surface area contributed by atoms with Crippen LogP contribution in [0.4, 0.5) is 0 Å². The number of hydrogen-bond acceptors (Lipinski definition) is 5. The molecule has 0 bridgehead atoms. The lowest BCUT2D eigenvalue weighted by atomic mass is 9.89. The van der Waals surface area contributed by atoms with Crippen molar-refractivity contribution in [3.05, 3.63) is 46.6 Å². The lowest BCUT2D eigenvalue weighted by Gasteiger charge is -2.18. The van der Waals surface area contributed by atoms with Gasteiger partial charge in [-0.05, 0) is 55.4 Å². The fraction of sp³-hybridized carbons (Fsp3) is 0.400. The molecular weight excluding hydrogens is 348 g/mol. The summed E-state index contributed by atoms with van der Waals surface area (Å²) in [7, 11) is 0. The molecule has 0 fully saturated rings.